The van der Waals surface area contributed by atoms with Gasteiger partial charge in [-0.3, -0.25) is 4.79 Å². The smallest absolute Gasteiger partial charge is 0.252 e. The van der Waals surface area contributed by atoms with Crippen LogP contribution in [0.15, 0.2) is 22.7 Å². The van der Waals surface area contributed by atoms with E-state index < -0.39 is 0 Å². The Hall–Kier alpha value is -0.870. The average molecular weight is 311 g/mol. The van der Waals surface area contributed by atoms with Gasteiger partial charge in [0.1, 0.15) is 0 Å². The normalized spacial score (nSPS) is 20.1. The summed E-state index contributed by atoms with van der Waals surface area (Å²) >= 11 is 3.47. The van der Waals surface area contributed by atoms with Crippen molar-refractivity contribution < 1.29 is 4.79 Å². The molecular weight excluding hydrogens is 292 g/mol. The molecule has 2 rings (SSSR count). The molecule has 4 heteroatoms. The van der Waals surface area contributed by atoms with Gasteiger partial charge in [-0.25, -0.2) is 0 Å². The lowest BCUT2D eigenvalue weighted by molar-refractivity contribution is 0.0946. The van der Waals surface area contributed by atoms with E-state index in [-0.39, 0.29) is 5.91 Å². The number of nitrogens with zero attached hydrogens (tertiary/aromatic N) is 1. The van der Waals surface area contributed by atoms with Gasteiger partial charge in [-0.05, 0) is 60.4 Å². The van der Waals surface area contributed by atoms with E-state index in [9.17, 15) is 4.79 Å². The zero-order valence-corrected chi connectivity index (χ0v) is 12.5. The van der Waals surface area contributed by atoms with Gasteiger partial charge in [-0.15, -0.1) is 0 Å². The molecule has 1 aliphatic heterocycles. The topological polar surface area (TPSA) is 32.3 Å². The van der Waals surface area contributed by atoms with Crippen LogP contribution in [-0.4, -0.2) is 37.5 Å². The third-order valence-electron chi connectivity index (χ3n) is 3.48. The summed E-state index contributed by atoms with van der Waals surface area (Å²) in [4.78, 5) is 14.4. The summed E-state index contributed by atoms with van der Waals surface area (Å²) < 4.78 is 0.894. The fourth-order valence-electron chi connectivity index (χ4n) is 2.35. The summed E-state index contributed by atoms with van der Waals surface area (Å²) in [6, 6.07) is 5.76. The fraction of sp³-hybridized carbons (Fsp3) is 0.500. The van der Waals surface area contributed by atoms with Crippen molar-refractivity contribution in [1.29, 1.82) is 0 Å². The Balaban J connectivity index is 1.94. The summed E-state index contributed by atoms with van der Waals surface area (Å²) in [7, 11) is 2.12. The van der Waals surface area contributed by atoms with Crippen LogP contribution in [0.1, 0.15) is 22.3 Å². The lowest BCUT2D eigenvalue weighted by Crippen LogP contribution is -2.30. The Morgan fingerprint density at radius 1 is 1.56 bits per heavy atom. The van der Waals surface area contributed by atoms with Crippen LogP contribution in [0.5, 0.6) is 0 Å². The highest BCUT2D eigenvalue weighted by Gasteiger charge is 2.20. The first-order chi connectivity index (χ1) is 8.58. The Morgan fingerprint density at radius 3 is 3.00 bits per heavy atom. The van der Waals surface area contributed by atoms with E-state index in [1.54, 1.807) is 0 Å². The molecule has 0 bridgehead atoms. The average Bonchev–Trinajstić information content (AvgIpc) is 2.76. The van der Waals surface area contributed by atoms with Gasteiger partial charge >= 0.3 is 0 Å². The highest BCUT2D eigenvalue weighted by Crippen LogP contribution is 2.21. The van der Waals surface area contributed by atoms with Crippen LogP contribution in [0, 0.1) is 12.8 Å². The molecule has 1 heterocycles. The molecule has 1 N–H and O–H groups in total. The van der Waals surface area contributed by atoms with Crippen LogP contribution in [0.2, 0.25) is 0 Å². The number of hydrogen-bond donors (Lipinski definition) is 1. The molecule has 1 atom stereocenters. The van der Waals surface area contributed by atoms with Gasteiger partial charge in [0.15, 0.2) is 0 Å². The molecule has 0 saturated carbocycles. The first-order valence-corrected chi connectivity index (χ1v) is 7.09. The quantitative estimate of drug-likeness (QED) is 0.930. The molecular formula is C14H19BrN2O. The predicted molar refractivity (Wildman–Crippen MR) is 76.8 cm³/mol. The summed E-state index contributed by atoms with van der Waals surface area (Å²) in [5, 5.41) is 3.03. The number of amides is 1. The van der Waals surface area contributed by atoms with Crippen molar-refractivity contribution in [2.45, 2.75) is 13.3 Å². The zero-order chi connectivity index (χ0) is 13.1. The summed E-state index contributed by atoms with van der Waals surface area (Å²) in [6.45, 7) is 4.97. The first-order valence-electron chi connectivity index (χ1n) is 6.30. The molecule has 0 aromatic heterocycles. The molecule has 1 aliphatic rings. The zero-order valence-electron chi connectivity index (χ0n) is 10.9. The molecule has 98 valence electrons. The van der Waals surface area contributed by atoms with E-state index in [1.807, 2.05) is 25.1 Å². The number of benzene rings is 1. The maximum absolute atomic E-state index is 12.1. The van der Waals surface area contributed by atoms with Gasteiger partial charge in [-0.2, -0.15) is 0 Å². The lowest BCUT2D eigenvalue weighted by Gasteiger charge is -2.13. The second-order valence-corrected chi connectivity index (χ2v) is 5.86. The molecule has 0 spiro atoms. The van der Waals surface area contributed by atoms with Gasteiger partial charge in [0, 0.05) is 17.6 Å². The highest BCUT2D eigenvalue weighted by molar-refractivity contribution is 9.10. The molecule has 18 heavy (non-hydrogen) atoms. The number of hydrogen-bond acceptors (Lipinski definition) is 2. The van der Waals surface area contributed by atoms with Gasteiger partial charge in [0.2, 0.25) is 0 Å². The maximum Gasteiger partial charge on any atom is 0.252 e. The van der Waals surface area contributed by atoms with Crippen LogP contribution < -0.4 is 5.32 Å². The molecule has 3 nitrogen and oxygen atoms in total. The van der Waals surface area contributed by atoms with Crippen LogP contribution in [0.4, 0.5) is 0 Å². The molecule has 1 aromatic rings. The summed E-state index contributed by atoms with van der Waals surface area (Å²) in [6.07, 6.45) is 1.17. The third-order valence-corrected chi connectivity index (χ3v) is 4.53. The number of aryl methyl sites for hydroxylation is 1. The Kier molecular flexibility index (Phi) is 4.40. The Labute approximate surface area is 117 Å². The van der Waals surface area contributed by atoms with Gasteiger partial charge < -0.3 is 10.2 Å². The van der Waals surface area contributed by atoms with Crippen LogP contribution in [0.3, 0.4) is 0 Å². The minimum Gasteiger partial charge on any atom is -0.352 e. The molecule has 1 aromatic carbocycles. The highest BCUT2D eigenvalue weighted by atomic mass is 79.9. The van der Waals surface area contributed by atoms with E-state index in [0.717, 1.165) is 35.2 Å². The number of halogens is 1. The monoisotopic (exact) mass is 310 g/mol. The summed E-state index contributed by atoms with van der Waals surface area (Å²) in [5.74, 6) is 0.600. The number of rotatable bonds is 3. The van der Waals surface area contributed by atoms with Crippen LogP contribution in [-0.2, 0) is 0 Å². The van der Waals surface area contributed by atoms with Crippen molar-refractivity contribution in [1.82, 2.24) is 10.2 Å². The Morgan fingerprint density at radius 2 is 2.33 bits per heavy atom. The minimum absolute atomic E-state index is 0.0140. The SMILES string of the molecule is Cc1cccc(C(=O)NC[C@H]2CCN(C)C2)c1Br. The van der Waals surface area contributed by atoms with Crippen molar-refractivity contribution in [3.8, 4) is 0 Å². The van der Waals surface area contributed by atoms with Crippen molar-refractivity contribution in [2.24, 2.45) is 5.92 Å². The standard InChI is InChI=1S/C14H19BrN2O/c1-10-4-3-5-12(13(10)15)14(18)16-8-11-6-7-17(2)9-11/h3-5,11H,6-9H2,1-2H3,(H,16,18)/t11-/m1/s1. The molecule has 0 unspecified atom stereocenters. The van der Waals surface area contributed by atoms with Gasteiger partial charge in [-0.1, -0.05) is 12.1 Å². The number of carbonyl (C=O) groups is 1. The van der Waals surface area contributed by atoms with Crippen molar-refractivity contribution in [3.63, 3.8) is 0 Å². The van der Waals surface area contributed by atoms with E-state index in [1.165, 1.54) is 6.42 Å². The molecule has 0 aliphatic carbocycles. The lowest BCUT2D eigenvalue weighted by atomic mass is 10.1. The largest absolute Gasteiger partial charge is 0.352 e. The third kappa shape index (κ3) is 3.12. The number of carbonyl (C=O) groups excluding carboxylic acids is 1. The second kappa shape index (κ2) is 5.85. The maximum atomic E-state index is 12.1. The van der Waals surface area contributed by atoms with Crippen molar-refractivity contribution in [3.05, 3.63) is 33.8 Å². The fourth-order valence-corrected chi connectivity index (χ4v) is 2.79. The minimum atomic E-state index is 0.0140. The van der Waals surface area contributed by atoms with E-state index in [2.05, 4.69) is 33.2 Å². The van der Waals surface area contributed by atoms with Crippen molar-refractivity contribution in [2.75, 3.05) is 26.7 Å². The van der Waals surface area contributed by atoms with Crippen LogP contribution >= 0.6 is 15.9 Å². The van der Waals surface area contributed by atoms with Gasteiger partial charge in [0.25, 0.3) is 5.91 Å². The van der Waals surface area contributed by atoms with Gasteiger partial charge in [0.05, 0.1) is 5.56 Å². The summed E-state index contributed by atoms with van der Waals surface area (Å²) in [5.41, 5.74) is 1.81. The molecule has 1 fully saturated rings. The molecule has 1 saturated heterocycles. The van der Waals surface area contributed by atoms with Crippen molar-refractivity contribution >= 4 is 21.8 Å². The van der Waals surface area contributed by atoms with E-state index >= 15 is 0 Å². The van der Waals surface area contributed by atoms with E-state index in [0.29, 0.717) is 5.92 Å². The Bertz CT molecular complexity index is 447. The molecule has 0 radical (unpaired) electrons. The number of nitrogens with one attached hydrogen (secondary N) is 1. The predicted octanol–water partition coefficient (Wildman–Crippen LogP) is 2.44. The second-order valence-electron chi connectivity index (χ2n) is 5.06. The van der Waals surface area contributed by atoms with E-state index in [4.69, 9.17) is 0 Å². The van der Waals surface area contributed by atoms with Crippen LogP contribution in [0.25, 0.3) is 0 Å². The molecule has 1 amide bonds. The first kappa shape index (κ1) is 13.6. The number of likely N-dealkylation sites (tertiary alicyclic amines) is 1.